The summed E-state index contributed by atoms with van der Waals surface area (Å²) in [6.45, 7) is 48.1. The molecule has 6 heterocycles. The number of aliphatic hydroxyl groups is 1. The Bertz CT molecular complexity index is 2420. The molecule has 2 unspecified atom stereocenters. The number of aliphatic hydroxyl groups excluding tert-OH is 1. The molecule has 85 heavy (non-hydrogen) atoms. The number of ether oxygens (including phenoxy) is 6. The zero-order chi connectivity index (χ0) is 63.4. The third-order valence-corrected chi connectivity index (χ3v) is 34.5. The van der Waals surface area contributed by atoms with Crippen LogP contribution in [-0.2, 0) is 56.1 Å². The molecule has 1 aromatic rings. The predicted octanol–water partition coefficient (Wildman–Crippen LogP) is 14.6. The summed E-state index contributed by atoms with van der Waals surface area (Å²) in [5, 5.41) is 10.9. The topological polar surface area (TPSA) is 172 Å². The van der Waals surface area contributed by atoms with E-state index < -0.39 is 116 Å². The van der Waals surface area contributed by atoms with Crippen LogP contribution in [0.4, 0.5) is 0 Å². The number of hydrogen-bond donors (Lipinski definition) is 1. The van der Waals surface area contributed by atoms with Crippen molar-refractivity contribution in [2.75, 3.05) is 0 Å². The summed E-state index contributed by atoms with van der Waals surface area (Å²) >= 11 is 0. The van der Waals surface area contributed by atoms with E-state index in [0.29, 0.717) is 68.4 Å². The number of Topliss-reactive ketones (excluding diaryl/α,β-unsaturated/α-hetero) is 2. The van der Waals surface area contributed by atoms with Gasteiger partial charge >= 0.3 is 11.9 Å². The van der Waals surface area contributed by atoms with Crippen molar-refractivity contribution >= 4 is 48.5 Å². The van der Waals surface area contributed by atoms with Crippen LogP contribution < -0.4 is 0 Å². The highest BCUT2D eigenvalue weighted by atomic mass is 28.4. The molecule has 0 amide bonds. The first kappa shape index (κ1) is 71.4. The van der Waals surface area contributed by atoms with Crippen LogP contribution in [0.2, 0.25) is 54.4 Å². The standard InChI is InChI=1S/C68H114O14Si3/c1-22-42(2)36-58-45(5)53-39-49(71)38-51-32-34-56-61(76-51)63(81-84(18,19)67(10,11)12)64(82-85(20,21)68(13,14)15)62(79-56)57(80-83(16,17)66(7,8)9)35-31-50(77-65(73)47-26-24-23-25-27-47)29-30-52-40-54(72)55(75-52)33-28-48(70)37-43(3)44(4)59(74-46(6)69)41-60(53)78-58/h23-27,31,35,42-43,45,48,50-53,55-64,70H,4,22,28-30,32-34,36-41H2,1-3,5-21H3/b35-31+/t42-,43-,45-,48-,50?,51-,52+,53?,55+,56+,57+,58-,59-,60+,61+,62+,63+,64-/m1/s1. The van der Waals surface area contributed by atoms with Gasteiger partial charge in [-0.15, -0.1) is 0 Å². The third kappa shape index (κ3) is 18.7. The second-order valence-electron chi connectivity index (χ2n) is 30.9. The molecule has 14 nitrogen and oxygen atoms in total. The Hall–Kier alpha value is -2.69. The molecule has 482 valence electrons. The first-order chi connectivity index (χ1) is 39.3. The highest BCUT2D eigenvalue weighted by Crippen LogP contribution is 2.49. The molecule has 17 heteroatoms. The fraction of sp³-hybridized carbons (Fsp3) is 0.794. The minimum absolute atomic E-state index is 0.0248. The normalized spacial score (nSPS) is 34.7. The van der Waals surface area contributed by atoms with Crippen molar-refractivity contribution in [1.82, 2.24) is 0 Å². The Kier molecular flexibility index (Phi) is 24.4. The number of ketones is 2. The van der Waals surface area contributed by atoms with E-state index in [1.165, 1.54) is 6.92 Å². The zero-order valence-electron chi connectivity index (χ0n) is 56.1. The summed E-state index contributed by atoms with van der Waals surface area (Å²) in [4.78, 5) is 55.6. The van der Waals surface area contributed by atoms with Crippen LogP contribution in [-0.4, -0.2) is 139 Å². The van der Waals surface area contributed by atoms with Crippen molar-refractivity contribution in [3.05, 3.63) is 60.2 Å². The summed E-state index contributed by atoms with van der Waals surface area (Å²) in [5.41, 5.74) is 1.09. The van der Waals surface area contributed by atoms with Crippen molar-refractivity contribution in [1.29, 1.82) is 0 Å². The van der Waals surface area contributed by atoms with E-state index in [9.17, 15) is 24.3 Å². The maximum atomic E-state index is 14.9. The Labute approximate surface area is 516 Å². The van der Waals surface area contributed by atoms with Crippen LogP contribution in [0.1, 0.15) is 191 Å². The maximum Gasteiger partial charge on any atom is 0.338 e. The van der Waals surface area contributed by atoms with Gasteiger partial charge in [-0.05, 0) is 153 Å². The third-order valence-electron chi connectivity index (χ3n) is 21.1. The van der Waals surface area contributed by atoms with E-state index in [4.69, 9.17) is 41.7 Å². The highest BCUT2D eigenvalue weighted by molar-refractivity contribution is 6.75. The Morgan fingerprint density at radius 1 is 0.682 bits per heavy atom. The van der Waals surface area contributed by atoms with Crippen molar-refractivity contribution in [3.63, 3.8) is 0 Å². The lowest BCUT2D eigenvalue weighted by atomic mass is 9.79. The smallest absolute Gasteiger partial charge is 0.338 e. The first-order valence-corrected chi connectivity index (χ1v) is 41.2. The molecule has 4 saturated heterocycles. The fourth-order valence-corrected chi connectivity index (χ4v) is 16.0. The Balaban J connectivity index is 1.49. The molecule has 1 aromatic carbocycles. The summed E-state index contributed by atoms with van der Waals surface area (Å²) in [7, 11) is -7.93. The van der Waals surface area contributed by atoms with Crippen LogP contribution >= 0.6 is 0 Å². The lowest BCUT2D eigenvalue weighted by Gasteiger charge is -2.56. The van der Waals surface area contributed by atoms with Gasteiger partial charge in [0.1, 0.15) is 48.5 Å². The number of carbonyl (C=O) groups excluding carboxylic acids is 4. The molecule has 0 aliphatic carbocycles. The van der Waals surface area contributed by atoms with E-state index in [0.717, 1.165) is 12.8 Å². The summed E-state index contributed by atoms with van der Waals surface area (Å²) in [6.07, 6.45) is 1.82. The molecule has 0 radical (unpaired) electrons. The number of benzene rings is 1. The molecule has 4 fully saturated rings. The molecule has 6 aliphatic heterocycles. The fourth-order valence-electron chi connectivity index (χ4n) is 12.2. The SMILES string of the molecule is C=C1[C@H](C)C[C@H](O)CC[C@@H]2O[C@@H](CCC(OC(=O)c3ccccc3)/C=C/[C@H](O[Si](C)(C)C(C)(C)C)[C@@H]3O[C@H]4CC[C@H](CC(=O)CC5[C@H](C[C@H]1OC(C)=O)O[C@H](C[C@H](C)CC)[C@@H]5C)O[C@@H]4[C@H](O[Si](C)(C)C(C)(C)C)[C@@H]3O[Si](C)(C)C(C)(C)C)CC2=O. The van der Waals surface area contributed by atoms with Crippen LogP contribution in [0.25, 0.3) is 0 Å². The molecule has 6 bridgehead atoms. The number of hydrogen-bond acceptors (Lipinski definition) is 14. The quantitative estimate of drug-likeness (QED) is 0.119. The average Bonchev–Trinajstić information content (AvgIpc) is 2.73. The lowest BCUT2D eigenvalue weighted by molar-refractivity contribution is -0.266. The lowest BCUT2D eigenvalue weighted by Crippen LogP contribution is -2.69. The molecule has 1 N–H and O–H groups in total. The predicted molar refractivity (Wildman–Crippen MR) is 343 cm³/mol. The van der Waals surface area contributed by atoms with Gasteiger partial charge < -0.3 is 46.8 Å². The van der Waals surface area contributed by atoms with Gasteiger partial charge in [0, 0.05) is 32.6 Å². The first-order valence-electron chi connectivity index (χ1n) is 32.5. The van der Waals surface area contributed by atoms with E-state index in [2.05, 4.69) is 129 Å². The molecule has 0 aromatic heterocycles. The van der Waals surface area contributed by atoms with Crippen LogP contribution in [0, 0.1) is 23.7 Å². The second-order valence-corrected chi connectivity index (χ2v) is 45.1. The summed E-state index contributed by atoms with van der Waals surface area (Å²) < 4.78 is 64.0. The maximum absolute atomic E-state index is 14.9. The van der Waals surface area contributed by atoms with Gasteiger partial charge in [0.15, 0.2) is 30.7 Å². The van der Waals surface area contributed by atoms with E-state index in [1.54, 1.807) is 12.1 Å². The molecule has 0 spiro atoms. The number of carbonyl (C=O) groups is 4. The van der Waals surface area contributed by atoms with Gasteiger partial charge in [-0.25, -0.2) is 4.79 Å². The van der Waals surface area contributed by atoms with Crippen molar-refractivity contribution < 1.29 is 66.0 Å². The van der Waals surface area contributed by atoms with Crippen LogP contribution in [0.5, 0.6) is 0 Å². The molecular weight excluding hydrogens is 1120 g/mol. The van der Waals surface area contributed by atoms with Gasteiger partial charge in [-0.3, -0.25) is 14.4 Å². The number of rotatable bonds is 12. The molecule has 0 saturated carbocycles. The van der Waals surface area contributed by atoms with Gasteiger partial charge in [0.2, 0.25) is 0 Å². The molecule has 7 rings (SSSR count). The van der Waals surface area contributed by atoms with Crippen molar-refractivity contribution in [3.8, 4) is 0 Å². The van der Waals surface area contributed by atoms with Crippen LogP contribution in [0.15, 0.2) is 54.6 Å². The molecule has 6 aliphatic rings. The van der Waals surface area contributed by atoms with Crippen molar-refractivity contribution in [2.24, 2.45) is 23.7 Å². The van der Waals surface area contributed by atoms with Gasteiger partial charge in [-0.2, -0.15) is 0 Å². The van der Waals surface area contributed by atoms with Gasteiger partial charge in [0.05, 0.1) is 48.3 Å². The van der Waals surface area contributed by atoms with Gasteiger partial charge in [0.25, 0.3) is 0 Å². The minimum atomic E-state index is -2.67. The van der Waals surface area contributed by atoms with E-state index in [-0.39, 0.29) is 69.8 Å². The largest absolute Gasteiger partial charge is 0.458 e. The average molecular weight is 1240 g/mol. The monoisotopic (exact) mass is 1240 g/mol. The second kappa shape index (κ2) is 29.1. The number of fused-ring (bicyclic) bond motifs is 15. The molecule has 18 atom stereocenters. The summed E-state index contributed by atoms with van der Waals surface area (Å²) in [5.74, 6) is -0.820. The number of esters is 2. The van der Waals surface area contributed by atoms with Crippen LogP contribution in [0.3, 0.4) is 0 Å². The summed E-state index contributed by atoms with van der Waals surface area (Å²) in [6, 6.07) is 8.96. The van der Waals surface area contributed by atoms with E-state index in [1.807, 2.05) is 37.3 Å². The Morgan fingerprint density at radius 2 is 1.26 bits per heavy atom. The Morgan fingerprint density at radius 3 is 1.85 bits per heavy atom. The van der Waals surface area contributed by atoms with Gasteiger partial charge in [-0.1, -0.05) is 127 Å². The molecular formula is C68H114O14Si3. The van der Waals surface area contributed by atoms with Crippen molar-refractivity contribution in [2.45, 2.75) is 320 Å². The minimum Gasteiger partial charge on any atom is -0.458 e. The zero-order valence-corrected chi connectivity index (χ0v) is 59.1. The highest BCUT2D eigenvalue weighted by Gasteiger charge is 2.58. The van der Waals surface area contributed by atoms with E-state index >= 15 is 0 Å².